The Hall–Kier alpha value is -4.40. The van der Waals surface area contributed by atoms with E-state index in [-0.39, 0.29) is 11.8 Å². The molecule has 0 aliphatic carbocycles. The van der Waals surface area contributed by atoms with Crippen LogP contribution in [0.4, 0.5) is 0 Å². The minimum Gasteiger partial charge on any atom is -0.266 e. The van der Waals surface area contributed by atoms with Crippen LogP contribution >= 0.6 is 0 Å². The number of hydrogen-bond donors (Lipinski definition) is 0. The van der Waals surface area contributed by atoms with E-state index in [0.29, 0.717) is 46.2 Å². The summed E-state index contributed by atoms with van der Waals surface area (Å²) in [6.07, 6.45) is 39.1. The third-order valence-electron chi connectivity index (χ3n) is 16.3. The molecule has 0 spiro atoms. The summed E-state index contributed by atoms with van der Waals surface area (Å²) in [5.74, 6) is -1.16. The Balaban J connectivity index is 1.07. The van der Waals surface area contributed by atoms with Crippen LogP contribution < -0.4 is 0 Å². The van der Waals surface area contributed by atoms with Crippen LogP contribution in [0.25, 0.3) is 43.1 Å². The van der Waals surface area contributed by atoms with Gasteiger partial charge in [0.2, 0.25) is 0 Å². The highest BCUT2D eigenvalue weighted by atomic mass is 16.7. The third-order valence-corrected chi connectivity index (χ3v) is 16.3. The fourth-order valence-electron chi connectivity index (χ4n) is 12.0. The van der Waals surface area contributed by atoms with E-state index < -0.39 is 23.6 Å². The summed E-state index contributed by atoms with van der Waals surface area (Å²) in [6.45, 7) is 9.70. The highest BCUT2D eigenvalue weighted by molar-refractivity contribution is 6.41. The second-order valence-corrected chi connectivity index (χ2v) is 21.9. The summed E-state index contributed by atoms with van der Waals surface area (Å²) in [5, 5.41) is 8.50. The number of nitrogens with zero attached hydrogens (tertiary/aromatic N) is 2. The monoisotopic (exact) mass is 983 g/mol. The van der Waals surface area contributed by atoms with Gasteiger partial charge in [0.15, 0.2) is 0 Å². The topological polar surface area (TPSA) is 93.2 Å². The molecule has 5 aromatic rings. The Morgan fingerprint density at radius 3 is 0.764 bits per heavy atom. The van der Waals surface area contributed by atoms with Crippen LogP contribution in [0.1, 0.15) is 275 Å². The molecule has 2 unspecified atom stereocenters. The lowest BCUT2D eigenvalue weighted by atomic mass is 9.82. The molecule has 0 fully saturated rings. The van der Waals surface area contributed by atoms with Crippen LogP contribution in [-0.2, 0) is 9.68 Å². The molecule has 7 rings (SSSR count). The van der Waals surface area contributed by atoms with Crippen LogP contribution in [-0.4, -0.2) is 47.0 Å². The molecular formula is C64H90N2O6. The van der Waals surface area contributed by atoms with Gasteiger partial charge in [-0.2, -0.15) is 0 Å². The molecular weight excluding hydrogens is 893 g/mol. The maximum Gasteiger partial charge on any atom is 0.285 e. The summed E-state index contributed by atoms with van der Waals surface area (Å²) in [6, 6.07) is 15.2. The van der Waals surface area contributed by atoms with Gasteiger partial charge in [-0.3, -0.25) is 28.9 Å². The first kappa shape index (κ1) is 55.4. The summed E-state index contributed by atoms with van der Waals surface area (Å²) >= 11 is 0. The van der Waals surface area contributed by atoms with E-state index in [1.807, 2.05) is 48.5 Å². The number of unbranched alkanes of at least 4 members (excludes halogenated alkanes) is 24. The lowest BCUT2D eigenvalue weighted by Crippen LogP contribution is -2.41. The van der Waals surface area contributed by atoms with E-state index in [1.165, 1.54) is 154 Å². The number of imide groups is 2. The zero-order chi connectivity index (χ0) is 50.7. The number of hydroxylamine groups is 4. The van der Waals surface area contributed by atoms with Crippen LogP contribution in [0, 0.1) is 11.8 Å². The van der Waals surface area contributed by atoms with Gasteiger partial charge < -0.3 is 0 Å². The van der Waals surface area contributed by atoms with E-state index in [0.717, 1.165) is 93.8 Å². The van der Waals surface area contributed by atoms with Crippen molar-refractivity contribution in [1.82, 2.24) is 10.1 Å². The van der Waals surface area contributed by atoms with Crippen LogP contribution in [0.15, 0.2) is 48.5 Å². The van der Waals surface area contributed by atoms with E-state index in [2.05, 4.69) is 27.7 Å². The molecule has 8 heteroatoms. The lowest BCUT2D eigenvalue weighted by Gasteiger charge is -2.30. The molecule has 0 saturated carbocycles. The van der Waals surface area contributed by atoms with E-state index in [1.54, 1.807) is 0 Å². The van der Waals surface area contributed by atoms with Gasteiger partial charge in [-0.05, 0) is 94.1 Å². The van der Waals surface area contributed by atoms with Gasteiger partial charge in [-0.15, -0.1) is 10.1 Å². The molecule has 72 heavy (non-hydrogen) atoms. The van der Waals surface area contributed by atoms with Crippen molar-refractivity contribution in [2.75, 3.05) is 13.2 Å². The lowest BCUT2D eigenvalue weighted by molar-refractivity contribution is -0.108. The Labute approximate surface area is 432 Å². The van der Waals surface area contributed by atoms with E-state index in [4.69, 9.17) is 9.68 Å². The molecule has 2 atom stereocenters. The van der Waals surface area contributed by atoms with Crippen molar-refractivity contribution in [3.8, 4) is 0 Å². The number of amides is 4. The molecule has 4 amide bonds. The van der Waals surface area contributed by atoms with Crippen molar-refractivity contribution in [3.63, 3.8) is 0 Å². The summed E-state index contributed by atoms with van der Waals surface area (Å²) in [5.41, 5.74) is 1.80. The summed E-state index contributed by atoms with van der Waals surface area (Å²) < 4.78 is 0. The van der Waals surface area contributed by atoms with Gasteiger partial charge in [0.05, 0.1) is 35.5 Å². The number of carbonyl (C=O) groups excluding carboxylic acids is 4. The van der Waals surface area contributed by atoms with E-state index >= 15 is 0 Å². The number of carbonyl (C=O) groups is 4. The smallest absolute Gasteiger partial charge is 0.266 e. The fraction of sp³-hybridized carbons (Fsp3) is 0.625. The van der Waals surface area contributed by atoms with Crippen molar-refractivity contribution in [2.45, 2.75) is 233 Å². The van der Waals surface area contributed by atoms with Gasteiger partial charge >= 0.3 is 0 Å². The number of benzene rings is 5. The third kappa shape index (κ3) is 13.7. The average molecular weight is 983 g/mol. The largest absolute Gasteiger partial charge is 0.285 e. The highest BCUT2D eigenvalue weighted by Gasteiger charge is 2.38. The second kappa shape index (κ2) is 28.9. The normalized spacial score (nSPS) is 14.7. The van der Waals surface area contributed by atoms with Crippen LogP contribution in [0.5, 0.6) is 0 Å². The Bertz CT molecular complexity index is 2230. The Kier molecular flexibility index (Phi) is 22.2. The predicted molar refractivity (Wildman–Crippen MR) is 298 cm³/mol. The zero-order valence-corrected chi connectivity index (χ0v) is 45.2. The van der Waals surface area contributed by atoms with Crippen molar-refractivity contribution in [1.29, 1.82) is 0 Å². The van der Waals surface area contributed by atoms with Gasteiger partial charge in [-0.25, -0.2) is 0 Å². The molecule has 8 nitrogen and oxygen atoms in total. The van der Waals surface area contributed by atoms with Crippen LogP contribution in [0.2, 0.25) is 0 Å². The molecule has 0 saturated heterocycles. The van der Waals surface area contributed by atoms with Gasteiger partial charge in [0.1, 0.15) is 0 Å². The molecule has 5 aromatic carbocycles. The maximum atomic E-state index is 14.4. The Morgan fingerprint density at radius 2 is 0.528 bits per heavy atom. The molecule has 0 bridgehead atoms. The predicted octanol–water partition coefficient (Wildman–Crippen LogP) is 18.6. The molecule has 2 aliphatic heterocycles. The molecule has 0 radical (unpaired) electrons. The number of fused-ring (bicyclic) bond motifs is 2. The molecule has 0 N–H and O–H groups in total. The van der Waals surface area contributed by atoms with Crippen molar-refractivity contribution >= 4 is 66.7 Å². The number of hydrogen-bond acceptors (Lipinski definition) is 6. The quantitative estimate of drug-likeness (QED) is 0.0169. The standard InChI is InChI=1S/C64H90N2O6/c1-5-9-13-17-21-23-27-31-35-47(33-29-25-19-15-11-7-3)45-71-65-61(67)53-41-37-49-51-39-43-55-60-56(44-40-52(58(51)60)50-38-42-54(62(65)68)59(53)57(49)50)64(70)66(63(55)69)72-46-48(34-30-26-20-16-12-8-4)36-32-28-24-22-18-14-10-6-2/h37-44,47-48H,5-36,45-46H2,1-4H3. The average Bonchev–Trinajstić information content (AvgIpc) is 3.39. The zero-order valence-electron chi connectivity index (χ0n) is 45.2. The highest BCUT2D eigenvalue weighted by Crippen LogP contribution is 2.46. The van der Waals surface area contributed by atoms with Crippen molar-refractivity contribution < 1.29 is 28.9 Å². The molecule has 392 valence electrons. The number of rotatable bonds is 38. The molecule has 2 aliphatic rings. The van der Waals surface area contributed by atoms with E-state index in [9.17, 15) is 19.2 Å². The van der Waals surface area contributed by atoms with Gasteiger partial charge in [0.25, 0.3) is 23.6 Å². The first-order chi connectivity index (χ1) is 35.3. The van der Waals surface area contributed by atoms with Crippen molar-refractivity contribution in [2.24, 2.45) is 11.8 Å². The van der Waals surface area contributed by atoms with Gasteiger partial charge in [0, 0.05) is 10.8 Å². The summed E-state index contributed by atoms with van der Waals surface area (Å²) in [7, 11) is 0. The first-order valence-electron chi connectivity index (χ1n) is 29.6. The maximum absolute atomic E-state index is 14.4. The second-order valence-electron chi connectivity index (χ2n) is 21.9. The molecule has 0 aromatic heterocycles. The Morgan fingerprint density at radius 1 is 0.306 bits per heavy atom. The summed E-state index contributed by atoms with van der Waals surface area (Å²) in [4.78, 5) is 70.2. The van der Waals surface area contributed by atoms with Crippen LogP contribution in [0.3, 0.4) is 0 Å². The SMILES string of the molecule is CCCCCCCCCCC(CCCCCCCC)CON1C(=O)c2ccc3c4ccc5c6c(ccc(c7ccc(c2c37)C1=O)c64)C(=O)N(OCC(CCCCCCCC)CCCCCCCCCC)C5=O. The molecule has 2 heterocycles. The van der Waals surface area contributed by atoms with Gasteiger partial charge in [-0.1, -0.05) is 232 Å². The minimum absolute atomic E-state index is 0.279. The minimum atomic E-state index is -0.430. The van der Waals surface area contributed by atoms with Crippen molar-refractivity contribution in [3.05, 3.63) is 70.8 Å². The first-order valence-corrected chi connectivity index (χ1v) is 29.6. The fourth-order valence-corrected chi connectivity index (χ4v) is 12.0.